The summed E-state index contributed by atoms with van der Waals surface area (Å²) in [6.45, 7) is 0.546. The number of aromatic nitrogens is 1. The predicted octanol–water partition coefficient (Wildman–Crippen LogP) is 5.98. The van der Waals surface area contributed by atoms with Gasteiger partial charge in [0.05, 0.1) is 5.69 Å². The SMILES string of the molecule is O=S(=O)(c1ccc(Nc2ccccc2Br)nc1)N(Cc1ccccc1)Cc1ccccc1. The fourth-order valence-electron chi connectivity index (χ4n) is 3.26. The molecule has 0 aliphatic carbocycles. The number of halogens is 1. The fraction of sp³-hybridized carbons (Fsp3) is 0.0800. The lowest BCUT2D eigenvalue weighted by Gasteiger charge is -2.22. The number of hydrogen-bond donors (Lipinski definition) is 1. The summed E-state index contributed by atoms with van der Waals surface area (Å²) in [7, 11) is -3.76. The van der Waals surface area contributed by atoms with Crippen LogP contribution in [0.5, 0.6) is 0 Å². The molecule has 0 unspecified atom stereocenters. The summed E-state index contributed by atoms with van der Waals surface area (Å²) >= 11 is 3.49. The molecule has 0 radical (unpaired) electrons. The normalized spacial score (nSPS) is 11.4. The molecule has 1 heterocycles. The van der Waals surface area contributed by atoms with Crippen molar-refractivity contribution in [2.24, 2.45) is 0 Å². The zero-order chi connectivity index (χ0) is 22.4. The second-order valence-corrected chi connectivity index (χ2v) is 10.0. The first-order valence-electron chi connectivity index (χ1n) is 10.1. The molecule has 0 aliphatic rings. The molecule has 5 nitrogen and oxygen atoms in total. The van der Waals surface area contributed by atoms with Crippen molar-refractivity contribution in [1.29, 1.82) is 0 Å². The van der Waals surface area contributed by atoms with E-state index >= 15 is 0 Å². The molecule has 0 saturated heterocycles. The van der Waals surface area contributed by atoms with Crippen molar-refractivity contribution in [1.82, 2.24) is 9.29 Å². The van der Waals surface area contributed by atoms with Gasteiger partial charge in [-0.3, -0.25) is 0 Å². The smallest absolute Gasteiger partial charge is 0.245 e. The van der Waals surface area contributed by atoms with Gasteiger partial charge in [0.2, 0.25) is 10.0 Å². The molecule has 1 aromatic heterocycles. The Balaban J connectivity index is 1.60. The molecule has 1 N–H and O–H groups in total. The number of nitrogens with zero attached hydrogens (tertiary/aromatic N) is 2. The summed E-state index contributed by atoms with van der Waals surface area (Å²) in [5.74, 6) is 0.563. The Morgan fingerprint density at radius 1 is 0.750 bits per heavy atom. The number of nitrogens with one attached hydrogen (secondary N) is 1. The predicted molar refractivity (Wildman–Crippen MR) is 131 cm³/mol. The van der Waals surface area contributed by atoms with Gasteiger partial charge in [-0.2, -0.15) is 4.31 Å². The zero-order valence-electron chi connectivity index (χ0n) is 17.2. The number of benzene rings is 3. The number of rotatable bonds is 8. The Labute approximate surface area is 196 Å². The van der Waals surface area contributed by atoms with Crippen molar-refractivity contribution < 1.29 is 8.42 Å². The van der Waals surface area contributed by atoms with E-state index in [0.29, 0.717) is 5.82 Å². The molecule has 0 spiro atoms. The van der Waals surface area contributed by atoms with E-state index in [1.807, 2.05) is 84.9 Å². The van der Waals surface area contributed by atoms with E-state index in [4.69, 9.17) is 0 Å². The van der Waals surface area contributed by atoms with Gasteiger partial charge in [-0.15, -0.1) is 0 Å². The van der Waals surface area contributed by atoms with Gasteiger partial charge in [0, 0.05) is 23.8 Å². The maximum atomic E-state index is 13.5. The maximum absolute atomic E-state index is 13.5. The van der Waals surface area contributed by atoms with Gasteiger partial charge in [-0.05, 0) is 51.3 Å². The molecular weight excluding hydrogens is 486 g/mol. The first-order valence-corrected chi connectivity index (χ1v) is 12.3. The molecule has 0 atom stereocenters. The third-order valence-electron chi connectivity index (χ3n) is 4.91. The molecule has 0 amide bonds. The van der Waals surface area contributed by atoms with E-state index in [0.717, 1.165) is 21.3 Å². The summed E-state index contributed by atoms with van der Waals surface area (Å²) in [6, 6.07) is 30.1. The molecule has 162 valence electrons. The van der Waals surface area contributed by atoms with Gasteiger partial charge < -0.3 is 5.32 Å². The lowest BCUT2D eigenvalue weighted by molar-refractivity contribution is 0.401. The van der Waals surface area contributed by atoms with Crippen molar-refractivity contribution in [3.8, 4) is 0 Å². The van der Waals surface area contributed by atoms with Crippen LogP contribution in [0.25, 0.3) is 0 Å². The Morgan fingerprint density at radius 2 is 1.31 bits per heavy atom. The Bertz CT molecular complexity index is 1220. The summed E-state index contributed by atoms with van der Waals surface area (Å²) < 4.78 is 29.4. The number of sulfonamides is 1. The van der Waals surface area contributed by atoms with Crippen molar-refractivity contribution in [3.63, 3.8) is 0 Å². The van der Waals surface area contributed by atoms with Crippen LogP contribution < -0.4 is 5.32 Å². The van der Waals surface area contributed by atoms with Gasteiger partial charge in [0.25, 0.3) is 0 Å². The van der Waals surface area contributed by atoms with Crippen molar-refractivity contribution in [2.45, 2.75) is 18.0 Å². The van der Waals surface area contributed by atoms with Gasteiger partial charge in [-0.25, -0.2) is 13.4 Å². The minimum atomic E-state index is -3.76. The average Bonchev–Trinajstić information content (AvgIpc) is 2.82. The van der Waals surface area contributed by atoms with E-state index < -0.39 is 10.0 Å². The summed E-state index contributed by atoms with van der Waals surface area (Å²) in [5, 5.41) is 3.19. The van der Waals surface area contributed by atoms with E-state index in [1.54, 1.807) is 12.1 Å². The molecule has 32 heavy (non-hydrogen) atoms. The van der Waals surface area contributed by atoms with Crippen LogP contribution in [-0.4, -0.2) is 17.7 Å². The van der Waals surface area contributed by atoms with Crippen LogP contribution in [0, 0.1) is 0 Å². The van der Waals surface area contributed by atoms with E-state index in [-0.39, 0.29) is 18.0 Å². The highest BCUT2D eigenvalue weighted by molar-refractivity contribution is 9.10. The second-order valence-electron chi connectivity index (χ2n) is 7.23. The molecule has 0 aliphatic heterocycles. The second kappa shape index (κ2) is 10.1. The number of hydrogen-bond acceptors (Lipinski definition) is 4. The van der Waals surface area contributed by atoms with Gasteiger partial charge in [-0.1, -0.05) is 72.8 Å². The molecule has 4 rings (SSSR count). The van der Waals surface area contributed by atoms with Crippen LogP contribution in [0.2, 0.25) is 0 Å². The average molecular weight is 508 g/mol. The van der Waals surface area contributed by atoms with Crippen molar-refractivity contribution in [2.75, 3.05) is 5.32 Å². The van der Waals surface area contributed by atoms with Gasteiger partial charge in [0.1, 0.15) is 10.7 Å². The Kier molecular flexibility index (Phi) is 6.99. The van der Waals surface area contributed by atoms with E-state index in [1.165, 1.54) is 10.5 Å². The van der Waals surface area contributed by atoms with Crippen LogP contribution in [0.1, 0.15) is 11.1 Å². The maximum Gasteiger partial charge on any atom is 0.245 e. The molecule has 0 saturated carbocycles. The highest BCUT2D eigenvalue weighted by Gasteiger charge is 2.25. The molecule has 0 bridgehead atoms. The monoisotopic (exact) mass is 507 g/mol. The van der Waals surface area contributed by atoms with Crippen LogP contribution in [0.15, 0.2) is 113 Å². The minimum absolute atomic E-state index is 0.155. The van der Waals surface area contributed by atoms with Crippen LogP contribution in [0.3, 0.4) is 0 Å². The van der Waals surface area contributed by atoms with Crippen LogP contribution >= 0.6 is 15.9 Å². The highest BCUT2D eigenvalue weighted by atomic mass is 79.9. The quantitative estimate of drug-likeness (QED) is 0.318. The van der Waals surface area contributed by atoms with Gasteiger partial charge >= 0.3 is 0 Å². The molecule has 3 aromatic carbocycles. The third kappa shape index (κ3) is 5.43. The first-order chi connectivity index (χ1) is 15.5. The Hall–Kier alpha value is -3.00. The van der Waals surface area contributed by atoms with Crippen LogP contribution in [0.4, 0.5) is 11.5 Å². The van der Waals surface area contributed by atoms with Crippen molar-refractivity contribution >= 4 is 37.5 Å². The zero-order valence-corrected chi connectivity index (χ0v) is 19.6. The topological polar surface area (TPSA) is 62.3 Å². The summed E-state index contributed by atoms with van der Waals surface area (Å²) in [5.41, 5.74) is 2.70. The minimum Gasteiger partial charge on any atom is -0.339 e. The lowest BCUT2D eigenvalue weighted by Crippen LogP contribution is -2.30. The van der Waals surface area contributed by atoms with Crippen molar-refractivity contribution in [3.05, 3.63) is 119 Å². The standard InChI is InChI=1S/C25H22BrN3O2S/c26-23-13-7-8-14-24(23)28-25-16-15-22(17-27-25)32(30,31)29(18-20-9-3-1-4-10-20)19-21-11-5-2-6-12-21/h1-17H,18-19H2,(H,27,28). The fourth-order valence-corrected chi connectivity index (χ4v) is 5.00. The van der Waals surface area contributed by atoms with E-state index in [2.05, 4.69) is 26.2 Å². The van der Waals surface area contributed by atoms with Gasteiger partial charge in [0.15, 0.2) is 0 Å². The highest BCUT2D eigenvalue weighted by Crippen LogP contribution is 2.26. The number of pyridine rings is 1. The molecule has 7 heteroatoms. The Morgan fingerprint density at radius 3 is 1.84 bits per heavy atom. The lowest BCUT2D eigenvalue weighted by atomic mass is 10.2. The summed E-state index contributed by atoms with van der Waals surface area (Å²) in [6.07, 6.45) is 1.40. The largest absolute Gasteiger partial charge is 0.339 e. The molecule has 4 aromatic rings. The number of para-hydroxylation sites is 1. The summed E-state index contributed by atoms with van der Waals surface area (Å²) in [4.78, 5) is 4.49. The first kappa shape index (κ1) is 22.2. The molecule has 0 fully saturated rings. The third-order valence-corrected chi connectivity index (χ3v) is 7.38. The molecular formula is C25H22BrN3O2S. The number of anilines is 2. The van der Waals surface area contributed by atoms with Crippen LogP contribution in [-0.2, 0) is 23.1 Å². The van der Waals surface area contributed by atoms with E-state index in [9.17, 15) is 8.42 Å².